The molecule has 0 aliphatic carbocycles. The molecular weight excluding hydrogens is 532 g/mol. The molecule has 0 aliphatic heterocycles. The topological polar surface area (TPSA) is 8.81 Å². The van der Waals surface area contributed by atoms with Gasteiger partial charge in [-0.2, -0.15) is 0 Å². The number of nitrogens with zero attached hydrogens (tertiary/aromatic N) is 2. The third-order valence-electron chi connectivity index (χ3n) is 10.0. The summed E-state index contributed by atoms with van der Waals surface area (Å²) in [5.74, 6) is 0. The monoisotopic (exact) mass is 600 g/mol. The molecule has 0 fully saturated rings. The Hall–Kier alpha value is -2.35. The molecule has 0 radical (unpaired) electrons. The second kappa shape index (κ2) is 22.2. The summed E-state index contributed by atoms with van der Waals surface area (Å²) >= 11 is 0. The van der Waals surface area contributed by atoms with Crippen molar-refractivity contribution < 1.29 is 4.57 Å². The van der Waals surface area contributed by atoms with Gasteiger partial charge in [0.15, 0.2) is 0 Å². The molecule has 2 atom stereocenters. The maximum Gasteiger partial charge on any atom is 0.244 e. The fraction of sp³-hybridized carbons (Fsp3) is 0.643. The SMILES string of the molecule is CCCCCCCCCCCCC[n+]1ccn(C(CCCCCCCCCC)C(C)(Cc2ccccc2)c2ccccc2)c1. The smallest absolute Gasteiger partial charge is 0.237 e. The molecule has 3 rings (SSSR count). The van der Waals surface area contributed by atoms with Crippen molar-refractivity contribution in [3.8, 4) is 0 Å². The van der Waals surface area contributed by atoms with Gasteiger partial charge in [-0.25, -0.2) is 9.13 Å². The zero-order valence-corrected chi connectivity index (χ0v) is 29.0. The van der Waals surface area contributed by atoms with Crippen LogP contribution in [0, 0.1) is 0 Å². The van der Waals surface area contributed by atoms with Gasteiger partial charge in [0.25, 0.3) is 0 Å². The van der Waals surface area contributed by atoms with E-state index < -0.39 is 0 Å². The van der Waals surface area contributed by atoms with E-state index in [4.69, 9.17) is 0 Å². The lowest BCUT2D eigenvalue weighted by atomic mass is 9.70. The van der Waals surface area contributed by atoms with Crippen LogP contribution in [-0.4, -0.2) is 4.57 Å². The Kier molecular flexibility index (Phi) is 18.2. The minimum Gasteiger partial charge on any atom is -0.237 e. The van der Waals surface area contributed by atoms with Crippen molar-refractivity contribution >= 4 is 0 Å². The standard InChI is InChI=1S/C42H67N2/c1-4-6-8-10-12-14-15-16-18-20-28-34-43-35-36-44(38-43)41(33-27-19-17-13-11-9-7-5-2)42(3,40-31-25-22-26-32-40)37-39-29-23-21-24-30-39/h21-26,29-32,35-36,38,41H,4-20,27-28,33-34,37H2,1-3H3/q+1. The number of benzene rings is 2. The van der Waals surface area contributed by atoms with Gasteiger partial charge in [-0.15, -0.1) is 0 Å². The fourth-order valence-electron chi connectivity index (χ4n) is 7.21. The zero-order valence-electron chi connectivity index (χ0n) is 29.0. The first-order valence-corrected chi connectivity index (χ1v) is 18.8. The summed E-state index contributed by atoms with van der Waals surface area (Å²) < 4.78 is 5.04. The second-order valence-corrected chi connectivity index (χ2v) is 13.9. The van der Waals surface area contributed by atoms with Crippen molar-refractivity contribution in [2.45, 2.75) is 174 Å². The predicted octanol–water partition coefficient (Wildman–Crippen LogP) is 12.4. The van der Waals surface area contributed by atoms with Crippen molar-refractivity contribution in [2.75, 3.05) is 0 Å². The lowest BCUT2D eigenvalue weighted by Crippen LogP contribution is -2.38. The lowest BCUT2D eigenvalue weighted by Gasteiger charge is -2.37. The van der Waals surface area contributed by atoms with Crippen molar-refractivity contribution in [2.24, 2.45) is 0 Å². The normalized spacial score (nSPS) is 13.6. The van der Waals surface area contributed by atoms with Crippen LogP contribution < -0.4 is 4.57 Å². The molecule has 1 heterocycles. The Bertz CT molecular complexity index is 1070. The Morgan fingerprint density at radius 2 is 1.07 bits per heavy atom. The largest absolute Gasteiger partial charge is 0.244 e. The van der Waals surface area contributed by atoms with E-state index in [2.05, 4.69) is 109 Å². The molecule has 244 valence electrons. The highest BCUT2D eigenvalue weighted by atomic mass is 15.1. The van der Waals surface area contributed by atoms with Crippen molar-refractivity contribution in [1.82, 2.24) is 4.57 Å². The summed E-state index contributed by atoms with van der Waals surface area (Å²) in [4.78, 5) is 0. The van der Waals surface area contributed by atoms with Crippen LogP contribution in [0.5, 0.6) is 0 Å². The molecular formula is C42H67N2+. The number of unbranched alkanes of at least 4 members (excludes halogenated alkanes) is 17. The van der Waals surface area contributed by atoms with Crippen LogP contribution in [0.3, 0.4) is 0 Å². The summed E-state index contributed by atoms with van der Waals surface area (Å²) in [5.41, 5.74) is 2.90. The molecule has 0 saturated carbocycles. The van der Waals surface area contributed by atoms with E-state index in [9.17, 15) is 0 Å². The van der Waals surface area contributed by atoms with Crippen LogP contribution in [0.4, 0.5) is 0 Å². The van der Waals surface area contributed by atoms with E-state index in [0.717, 1.165) is 13.0 Å². The zero-order chi connectivity index (χ0) is 31.1. The van der Waals surface area contributed by atoms with Gasteiger partial charge in [0, 0.05) is 5.41 Å². The van der Waals surface area contributed by atoms with Gasteiger partial charge in [0.05, 0.1) is 6.54 Å². The third kappa shape index (κ3) is 13.3. The molecule has 2 unspecified atom stereocenters. The molecule has 0 amide bonds. The maximum absolute atomic E-state index is 2.58. The van der Waals surface area contributed by atoms with Crippen LogP contribution in [-0.2, 0) is 18.4 Å². The second-order valence-electron chi connectivity index (χ2n) is 13.9. The highest BCUT2D eigenvalue weighted by Gasteiger charge is 2.40. The summed E-state index contributed by atoms with van der Waals surface area (Å²) in [7, 11) is 0. The van der Waals surface area contributed by atoms with E-state index in [0.29, 0.717) is 6.04 Å². The van der Waals surface area contributed by atoms with Gasteiger partial charge in [0.1, 0.15) is 18.4 Å². The predicted molar refractivity (Wildman–Crippen MR) is 191 cm³/mol. The number of aromatic nitrogens is 2. The van der Waals surface area contributed by atoms with Crippen LogP contribution in [0.1, 0.15) is 166 Å². The number of imidazole rings is 1. The molecule has 44 heavy (non-hydrogen) atoms. The Morgan fingerprint density at radius 3 is 1.61 bits per heavy atom. The maximum atomic E-state index is 2.58. The van der Waals surface area contributed by atoms with Crippen LogP contribution in [0.2, 0.25) is 0 Å². The van der Waals surface area contributed by atoms with Gasteiger partial charge >= 0.3 is 0 Å². The van der Waals surface area contributed by atoms with Crippen LogP contribution >= 0.6 is 0 Å². The van der Waals surface area contributed by atoms with Gasteiger partial charge in [-0.3, -0.25) is 0 Å². The van der Waals surface area contributed by atoms with E-state index in [1.165, 1.54) is 140 Å². The molecule has 0 spiro atoms. The summed E-state index contributed by atoms with van der Waals surface area (Å²) in [6.07, 6.45) is 35.7. The van der Waals surface area contributed by atoms with Crippen molar-refractivity contribution in [1.29, 1.82) is 0 Å². The molecule has 2 heteroatoms. The highest BCUT2D eigenvalue weighted by molar-refractivity contribution is 5.30. The average Bonchev–Trinajstić information content (AvgIpc) is 3.52. The van der Waals surface area contributed by atoms with E-state index in [1.54, 1.807) is 0 Å². The Balaban J connectivity index is 1.61. The molecule has 1 aromatic heterocycles. The van der Waals surface area contributed by atoms with Crippen molar-refractivity contribution in [3.63, 3.8) is 0 Å². The molecule has 2 nitrogen and oxygen atoms in total. The molecule has 0 N–H and O–H groups in total. The lowest BCUT2D eigenvalue weighted by molar-refractivity contribution is -0.697. The Labute approximate surface area is 272 Å². The number of aryl methyl sites for hydroxylation is 1. The third-order valence-corrected chi connectivity index (χ3v) is 10.0. The molecule has 3 aromatic rings. The Morgan fingerprint density at radius 1 is 0.591 bits per heavy atom. The van der Waals surface area contributed by atoms with Gasteiger partial charge < -0.3 is 0 Å². The number of hydrogen-bond acceptors (Lipinski definition) is 0. The van der Waals surface area contributed by atoms with E-state index >= 15 is 0 Å². The first kappa shape index (κ1) is 36.1. The van der Waals surface area contributed by atoms with Gasteiger partial charge in [0.2, 0.25) is 6.33 Å². The van der Waals surface area contributed by atoms with Crippen LogP contribution in [0.15, 0.2) is 79.4 Å². The fourth-order valence-corrected chi connectivity index (χ4v) is 7.21. The highest BCUT2D eigenvalue weighted by Crippen LogP contribution is 2.41. The minimum absolute atomic E-state index is 0.0110. The molecule has 0 saturated heterocycles. The first-order valence-electron chi connectivity index (χ1n) is 18.8. The quantitative estimate of drug-likeness (QED) is 0.0641. The van der Waals surface area contributed by atoms with Crippen LogP contribution in [0.25, 0.3) is 0 Å². The average molecular weight is 600 g/mol. The number of rotatable bonds is 26. The van der Waals surface area contributed by atoms with Crippen molar-refractivity contribution in [3.05, 3.63) is 90.5 Å². The molecule has 0 aliphatic rings. The summed E-state index contributed by atoms with van der Waals surface area (Å²) in [6, 6.07) is 23.0. The van der Waals surface area contributed by atoms with Gasteiger partial charge in [-0.05, 0) is 43.2 Å². The first-order chi connectivity index (χ1) is 21.7. The van der Waals surface area contributed by atoms with E-state index in [1.807, 2.05) is 0 Å². The minimum atomic E-state index is 0.0110. The summed E-state index contributed by atoms with van der Waals surface area (Å²) in [5, 5.41) is 0. The van der Waals surface area contributed by atoms with E-state index in [-0.39, 0.29) is 5.41 Å². The van der Waals surface area contributed by atoms with Gasteiger partial charge in [-0.1, -0.05) is 184 Å². The number of hydrogen-bond donors (Lipinski definition) is 0. The molecule has 2 aromatic carbocycles. The summed E-state index contributed by atoms with van der Waals surface area (Å²) in [6.45, 7) is 8.27. The molecule has 0 bridgehead atoms.